The Labute approximate surface area is 188 Å². The summed E-state index contributed by atoms with van der Waals surface area (Å²) in [5, 5.41) is 12.6. The topological polar surface area (TPSA) is 69.0 Å². The zero-order valence-electron chi connectivity index (χ0n) is 18.6. The quantitative estimate of drug-likeness (QED) is 0.417. The van der Waals surface area contributed by atoms with Gasteiger partial charge in [-0.3, -0.25) is 4.79 Å². The van der Waals surface area contributed by atoms with Crippen LogP contribution >= 0.6 is 11.8 Å². The van der Waals surface area contributed by atoms with Gasteiger partial charge in [-0.15, -0.1) is 10.2 Å². The number of nitrogens with one attached hydrogen (secondary N) is 1. The minimum Gasteiger partial charge on any atom is -0.497 e. The van der Waals surface area contributed by atoms with Gasteiger partial charge in [-0.25, -0.2) is 0 Å². The molecule has 1 heterocycles. The van der Waals surface area contributed by atoms with Gasteiger partial charge in [0.2, 0.25) is 5.91 Å². The van der Waals surface area contributed by atoms with Gasteiger partial charge in [0.05, 0.1) is 12.9 Å². The third-order valence-electron chi connectivity index (χ3n) is 4.99. The average molecular weight is 439 g/mol. The van der Waals surface area contributed by atoms with Crippen LogP contribution in [0.25, 0.3) is 11.4 Å². The van der Waals surface area contributed by atoms with E-state index in [-0.39, 0.29) is 11.7 Å². The number of methoxy groups -OCH3 is 1. The number of amides is 1. The van der Waals surface area contributed by atoms with Crippen LogP contribution in [0.1, 0.15) is 45.1 Å². The molecule has 0 aliphatic carbocycles. The summed E-state index contributed by atoms with van der Waals surface area (Å²) in [6, 6.07) is 15.7. The minimum absolute atomic E-state index is 0.0471. The molecule has 164 valence electrons. The third kappa shape index (κ3) is 5.88. The van der Waals surface area contributed by atoms with E-state index in [0.29, 0.717) is 5.92 Å². The Morgan fingerprint density at radius 3 is 2.55 bits per heavy atom. The molecule has 0 radical (unpaired) electrons. The second-order valence-electron chi connectivity index (χ2n) is 7.62. The van der Waals surface area contributed by atoms with Crippen molar-refractivity contribution in [3.05, 3.63) is 54.1 Å². The van der Waals surface area contributed by atoms with Crippen LogP contribution < -0.4 is 10.1 Å². The summed E-state index contributed by atoms with van der Waals surface area (Å²) in [5.41, 5.74) is 2.98. The number of para-hydroxylation sites is 1. The molecule has 0 aliphatic rings. The molecule has 31 heavy (non-hydrogen) atoms. The maximum Gasteiger partial charge on any atom is 0.234 e. The van der Waals surface area contributed by atoms with Crippen molar-refractivity contribution >= 4 is 23.4 Å². The van der Waals surface area contributed by atoms with E-state index in [1.807, 2.05) is 42.5 Å². The van der Waals surface area contributed by atoms with Gasteiger partial charge in [-0.2, -0.15) is 0 Å². The number of hydrogen-bond acceptors (Lipinski definition) is 5. The summed E-state index contributed by atoms with van der Waals surface area (Å²) >= 11 is 1.41. The monoisotopic (exact) mass is 438 g/mol. The van der Waals surface area contributed by atoms with E-state index < -0.39 is 0 Å². The summed E-state index contributed by atoms with van der Waals surface area (Å²) in [6.07, 6.45) is 2.08. The number of carbonyl (C=O) groups excluding carboxylic acids is 1. The molecule has 1 N–H and O–H groups in total. The fraction of sp³-hybridized carbons (Fsp3) is 0.375. The van der Waals surface area contributed by atoms with Crippen LogP contribution in [0.5, 0.6) is 5.75 Å². The first-order chi connectivity index (χ1) is 15.0. The molecule has 0 unspecified atom stereocenters. The van der Waals surface area contributed by atoms with Crippen molar-refractivity contribution < 1.29 is 9.53 Å². The number of carbonyl (C=O) groups is 1. The molecule has 1 aromatic heterocycles. The number of benzene rings is 2. The molecule has 2 aromatic carbocycles. The lowest BCUT2D eigenvalue weighted by Crippen LogP contribution is -2.16. The second kappa shape index (κ2) is 11.0. The zero-order valence-corrected chi connectivity index (χ0v) is 19.4. The highest BCUT2D eigenvalue weighted by Crippen LogP contribution is 2.27. The first kappa shape index (κ1) is 22.9. The molecule has 1 amide bonds. The fourth-order valence-corrected chi connectivity index (χ4v) is 4.06. The Bertz CT molecular complexity index is 999. The molecular formula is C24H30N4O2S. The van der Waals surface area contributed by atoms with Crippen LogP contribution in [-0.4, -0.2) is 33.5 Å². The number of unbranched alkanes of at least 4 members (excludes halogenated alkanes) is 1. The van der Waals surface area contributed by atoms with Crippen molar-refractivity contribution in [3.8, 4) is 17.1 Å². The van der Waals surface area contributed by atoms with Crippen molar-refractivity contribution in [1.29, 1.82) is 0 Å². The van der Waals surface area contributed by atoms with Crippen LogP contribution in [0.3, 0.4) is 0 Å². The SMILES string of the molecule is CCCCn1c(SCC(=O)Nc2ccccc2C(C)C)nnc1-c1ccc(OC)cc1. The second-order valence-corrected chi connectivity index (χ2v) is 8.56. The normalized spacial score (nSPS) is 11.0. The summed E-state index contributed by atoms with van der Waals surface area (Å²) in [7, 11) is 1.65. The first-order valence-corrected chi connectivity index (χ1v) is 11.6. The molecule has 0 atom stereocenters. The number of rotatable bonds is 10. The molecule has 3 aromatic rings. The molecular weight excluding hydrogens is 408 g/mol. The van der Waals surface area contributed by atoms with E-state index in [9.17, 15) is 4.79 Å². The van der Waals surface area contributed by atoms with Gasteiger partial charge >= 0.3 is 0 Å². The Morgan fingerprint density at radius 2 is 1.87 bits per heavy atom. The summed E-state index contributed by atoms with van der Waals surface area (Å²) in [4.78, 5) is 12.6. The largest absolute Gasteiger partial charge is 0.497 e. The minimum atomic E-state index is -0.0471. The van der Waals surface area contributed by atoms with E-state index in [1.165, 1.54) is 11.8 Å². The number of thioether (sulfide) groups is 1. The highest BCUT2D eigenvalue weighted by atomic mass is 32.2. The molecule has 0 saturated heterocycles. The lowest BCUT2D eigenvalue weighted by Gasteiger charge is -2.13. The lowest BCUT2D eigenvalue weighted by molar-refractivity contribution is -0.113. The smallest absolute Gasteiger partial charge is 0.234 e. The highest BCUT2D eigenvalue weighted by molar-refractivity contribution is 7.99. The van der Waals surface area contributed by atoms with Crippen LogP contribution in [0.4, 0.5) is 5.69 Å². The predicted molar refractivity (Wildman–Crippen MR) is 127 cm³/mol. The van der Waals surface area contributed by atoms with Gasteiger partial charge in [0.15, 0.2) is 11.0 Å². The summed E-state index contributed by atoms with van der Waals surface area (Å²) < 4.78 is 7.35. The predicted octanol–water partition coefficient (Wildman–Crippen LogP) is 5.61. The van der Waals surface area contributed by atoms with Crippen molar-refractivity contribution in [2.75, 3.05) is 18.2 Å². The van der Waals surface area contributed by atoms with Gasteiger partial charge in [-0.1, -0.05) is 57.2 Å². The molecule has 0 fully saturated rings. The lowest BCUT2D eigenvalue weighted by atomic mass is 10.0. The Hall–Kier alpha value is -2.80. The number of aromatic nitrogens is 3. The van der Waals surface area contributed by atoms with E-state index in [1.54, 1.807) is 7.11 Å². The number of nitrogens with zero attached hydrogens (tertiary/aromatic N) is 3. The van der Waals surface area contributed by atoms with E-state index in [2.05, 4.69) is 46.9 Å². The van der Waals surface area contributed by atoms with Gasteiger partial charge in [-0.05, 0) is 48.2 Å². The van der Waals surface area contributed by atoms with Crippen molar-refractivity contribution in [1.82, 2.24) is 14.8 Å². The molecule has 0 bridgehead atoms. The van der Waals surface area contributed by atoms with Crippen LogP contribution in [0, 0.1) is 0 Å². The average Bonchev–Trinajstić information content (AvgIpc) is 3.19. The van der Waals surface area contributed by atoms with Crippen LogP contribution in [-0.2, 0) is 11.3 Å². The number of ether oxygens (including phenoxy) is 1. The van der Waals surface area contributed by atoms with Crippen LogP contribution in [0.2, 0.25) is 0 Å². The molecule has 6 nitrogen and oxygen atoms in total. The van der Waals surface area contributed by atoms with Crippen molar-refractivity contribution in [3.63, 3.8) is 0 Å². The van der Waals surface area contributed by atoms with Gasteiger partial charge in [0.25, 0.3) is 0 Å². The standard InChI is InChI=1S/C24H30N4O2S/c1-5-6-15-28-23(18-11-13-19(30-4)14-12-18)26-27-24(28)31-16-22(29)25-21-10-8-7-9-20(21)17(2)3/h7-14,17H,5-6,15-16H2,1-4H3,(H,25,29). The van der Waals surface area contributed by atoms with Crippen LogP contribution in [0.15, 0.2) is 53.7 Å². The Morgan fingerprint density at radius 1 is 1.13 bits per heavy atom. The maximum atomic E-state index is 12.6. The molecule has 0 saturated carbocycles. The Balaban J connectivity index is 1.73. The molecule has 7 heteroatoms. The van der Waals surface area contributed by atoms with Gasteiger partial charge in [0, 0.05) is 17.8 Å². The van der Waals surface area contributed by atoms with E-state index in [4.69, 9.17) is 4.74 Å². The highest BCUT2D eigenvalue weighted by Gasteiger charge is 2.16. The number of anilines is 1. The van der Waals surface area contributed by atoms with Gasteiger partial charge in [0.1, 0.15) is 5.75 Å². The molecule has 3 rings (SSSR count). The summed E-state index contributed by atoms with van der Waals surface area (Å²) in [5.74, 6) is 2.18. The first-order valence-electron chi connectivity index (χ1n) is 10.6. The Kier molecular flexibility index (Phi) is 8.12. The molecule has 0 spiro atoms. The van der Waals surface area contributed by atoms with E-state index >= 15 is 0 Å². The zero-order chi connectivity index (χ0) is 22.2. The third-order valence-corrected chi connectivity index (χ3v) is 5.96. The van der Waals surface area contributed by atoms with Crippen molar-refractivity contribution in [2.24, 2.45) is 0 Å². The summed E-state index contributed by atoms with van der Waals surface area (Å²) in [6.45, 7) is 7.21. The van der Waals surface area contributed by atoms with Crippen molar-refractivity contribution in [2.45, 2.75) is 51.2 Å². The van der Waals surface area contributed by atoms with E-state index in [0.717, 1.165) is 52.9 Å². The fourth-order valence-electron chi connectivity index (χ4n) is 3.30. The molecule has 0 aliphatic heterocycles. The maximum absolute atomic E-state index is 12.6. The number of hydrogen-bond donors (Lipinski definition) is 1. The van der Waals surface area contributed by atoms with Gasteiger partial charge < -0.3 is 14.6 Å².